The molecule has 0 unspecified atom stereocenters. The van der Waals surface area contributed by atoms with Gasteiger partial charge in [-0.3, -0.25) is 4.90 Å². The second kappa shape index (κ2) is 4.32. The smallest absolute Gasteiger partial charge is 0.154 e. The van der Waals surface area contributed by atoms with Gasteiger partial charge in [-0.1, -0.05) is 0 Å². The van der Waals surface area contributed by atoms with Gasteiger partial charge in [-0.25, -0.2) is 9.37 Å². The minimum Gasteiger partial charge on any atom is -0.324 e. The quantitative estimate of drug-likeness (QED) is 0.788. The highest BCUT2D eigenvalue weighted by Gasteiger charge is 2.25. The van der Waals surface area contributed by atoms with Crippen LogP contribution in [0.1, 0.15) is 25.1 Å². The average molecular weight is 258 g/mol. The fourth-order valence-electron chi connectivity index (χ4n) is 2.63. The van der Waals surface area contributed by atoms with Gasteiger partial charge >= 0.3 is 0 Å². The summed E-state index contributed by atoms with van der Waals surface area (Å²) in [5.41, 5.74) is 1.72. The number of hydrogen-bond acceptors (Lipinski definition) is 3. The highest BCUT2D eigenvalue weighted by molar-refractivity contribution is 5.79. The van der Waals surface area contributed by atoms with Crippen LogP contribution in [0.4, 0.5) is 4.39 Å². The first kappa shape index (κ1) is 12.1. The number of nitriles is 1. The van der Waals surface area contributed by atoms with E-state index in [-0.39, 0.29) is 5.82 Å². The van der Waals surface area contributed by atoms with Crippen molar-refractivity contribution >= 4 is 11.0 Å². The number of aromatic nitrogens is 2. The van der Waals surface area contributed by atoms with Gasteiger partial charge in [0.25, 0.3) is 0 Å². The van der Waals surface area contributed by atoms with E-state index in [2.05, 4.69) is 23.7 Å². The summed E-state index contributed by atoms with van der Waals surface area (Å²) in [7, 11) is 0. The van der Waals surface area contributed by atoms with Gasteiger partial charge in [-0.2, -0.15) is 5.26 Å². The molecule has 0 saturated carbocycles. The van der Waals surface area contributed by atoms with E-state index < -0.39 is 0 Å². The van der Waals surface area contributed by atoms with Gasteiger partial charge in [0, 0.05) is 31.9 Å². The summed E-state index contributed by atoms with van der Waals surface area (Å²) in [6, 6.07) is 3.99. The molecule has 2 aromatic rings. The van der Waals surface area contributed by atoms with E-state index in [9.17, 15) is 4.39 Å². The minimum absolute atomic E-state index is 0.232. The molecule has 0 atom stereocenters. The average Bonchev–Trinajstić information content (AvgIpc) is 2.71. The molecule has 19 heavy (non-hydrogen) atoms. The molecular formula is C14H15FN4. The van der Waals surface area contributed by atoms with Crippen LogP contribution in [0, 0.1) is 17.1 Å². The number of hydrogen-bond donors (Lipinski definition) is 0. The van der Waals surface area contributed by atoms with E-state index in [0.717, 1.165) is 13.1 Å². The van der Waals surface area contributed by atoms with E-state index in [4.69, 9.17) is 5.26 Å². The van der Waals surface area contributed by atoms with Crippen LogP contribution in [0.2, 0.25) is 0 Å². The second-order valence-corrected chi connectivity index (χ2v) is 5.18. The zero-order valence-electron chi connectivity index (χ0n) is 11.0. The molecule has 0 radical (unpaired) electrons. The molecule has 1 aliphatic heterocycles. The maximum absolute atomic E-state index is 14.5. The highest BCUT2D eigenvalue weighted by Crippen LogP contribution is 2.28. The van der Waals surface area contributed by atoms with E-state index in [1.54, 1.807) is 6.07 Å². The minimum atomic E-state index is -0.232. The summed E-state index contributed by atoms with van der Waals surface area (Å²) in [4.78, 5) is 6.48. The summed E-state index contributed by atoms with van der Waals surface area (Å²) in [5.74, 6) is -0.232. The third-order valence-corrected chi connectivity index (χ3v) is 3.76. The van der Waals surface area contributed by atoms with Crippen LogP contribution in [0.5, 0.6) is 0 Å². The Morgan fingerprint density at radius 3 is 2.89 bits per heavy atom. The van der Waals surface area contributed by atoms with Crippen molar-refractivity contribution in [3.05, 3.63) is 29.3 Å². The van der Waals surface area contributed by atoms with E-state index in [1.807, 2.05) is 10.6 Å². The maximum atomic E-state index is 14.5. The van der Waals surface area contributed by atoms with Gasteiger partial charge in [-0.15, -0.1) is 0 Å². The highest BCUT2D eigenvalue weighted by atomic mass is 19.1. The standard InChI is InChI=1S/C14H15FN4/c1-9(2)18-3-4-19-12(8-18)13(15)11-5-10(6-16)7-17-14(11)19/h5,7,9H,3-4,8H2,1-2H3. The first-order valence-electron chi connectivity index (χ1n) is 6.42. The monoisotopic (exact) mass is 258 g/mol. The van der Waals surface area contributed by atoms with Crippen LogP contribution >= 0.6 is 0 Å². The van der Waals surface area contributed by atoms with Crippen molar-refractivity contribution in [2.45, 2.75) is 33.0 Å². The van der Waals surface area contributed by atoms with Crippen molar-refractivity contribution in [3.8, 4) is 6.07 Å². The van der Waals surface area contributed by atoms with Crippen LogP contribution in [0.15, 0.2) is 12.3 Å². The maximum Gasteiger partial charge on any atom is 0.154 e. The Labute approximate surface area is 111 Å². The predicted molar refractivity (Wildman–Crippen MR) is 70.0 cm³/mol. The predicted octanol–water partition coefficient (Wildman–Crippen LogP) is 2.27. The Hall–Kier alpha value is -1.93. The molecule has 0 N–H and O–H groups in total. The van der Waals surface area contributed by atoms with Gasteiger partial charge in [0.05, 0.1) is 16.6 Å². The van der Waals surface area contributed by atoms with E-state index in [0.29, 0.717) is 34.9 Å². The van der Waals surface area contributed by atoms with Crippen LogP contribution in [-0.2, 0) is 13.1 Å². The zero-order valence-corrected chi connectivity index (χ0v) is 11.0. The summed E-state index contributed by atoms with van der Waals surface area (Å²) in [6.07, 6.45) is 1.50. The molecule has 0 spiro atoms. The molecular weight excluding hydrogens is 243 g/mol. The molecule has 0 bridgehead atoms. The molecule has 1 aliphatic rings. The van der Waals surface area contributed by atoms with Gasteiger partial charge < -0.3 is 4.57 Å². The summed E-state index contributed by atoms with van der Waals surface area (Å²) < 4.78 is 16.4. The van der Waals surface area contributed by atoms with Crippen molar-refractivity contribution in [1.29, 1.82) is 5.26 Å². The Morgan fingerprint density at radius 1 is 1.42 bits per heavy atom. The molecule has 3 rings (SSSR count). The number of rotatable bonds is 1. The fraction of sp³-hybridized carbons (Fsp3) is 0.429. The van der Waals surface area contributed by atoms with Gasteiger partial charge in [0.1, 0.15) is 11.7 Å². The summed E-state index contributed by atoms with van der Waals surface area (Å²) >= 11 is 0. The van der Waals surface area contributed by atoms with Crippen molar-refractivity contribution in [2.24, 2.45) is 0 Å². The third-order valence-electron chi connectivity index (χ3n) is 3.76. The van der Waals surface area contributed by atoms with Gasteiger partial charge in [-0.05, 0) is 19.9 Å². The molecule has 0 aliphatic carbocycles. The number of halogens is 1. The third kappa shape index (κ3) is 1.80. The molecule has 4 nitrogen and oxygen atoms in total. The van der Waals surface area contributed by atoms with Gasteiger partial charge in [0.2, 0.25) is 0 Å². The molecule has 2 aromatic heterocycles. The fourth-order valence-corrected chi connectivity index (χ4v) is 2.63. The normalized spacial score (nSPS) is 15.7. The van der Waals surface area contributed by atoms with Crippen molar-refractivity contribution in [2.75, 3.05) is 6.54 Å². The van der Waals surface area contributed by atoms with Crippen molar-refractivity contribution < 1.29 is 4.39 Å². The van der Waals surface area contributed by atoms with Crippen LogP contribution in [0.3, 0.4) is 0 Å². The Morgan fingerprint density at radius 2 is 2.21 bits per heavy atom. The molecule has 0 amide bonds. The Kier molecular flexibility index (Phi) is 2.76. The van der Waals surface area contributed by atoms with E-state index >= 15 is 0 Å². The molecule has 3 heterocycles. The van der Waals surface area contributed by atoms with Crippen LogP contribution in [-0.4, -0.2) is 27.0 Å². The first-order chi connectivity index (χ1) is 9.11. The number of fused-ring (bicyclic) bond motifs is 3. The molecule has 5 heteroatoms. The zero-order chi connectivity index (χ0) is 13.6. The van der Waals surface area contributed by atoms with Crippen LogP contribution < -0.4 is 0 Å². The Balaban J connectivity index is 2.16. The lowest BCUT2D eigenvalue weighted by atomic mass is 10.2. The summed E-state index contributed by atoms with van der Waals surface area (Å²) in [5, 5.41) is 9.34. The first-order valence-corrected chi connectivity index (χ1v) is 6.42. The summed E-state index contributed by atoms with van der Waals surface area (Å²) in [6.45, 7) is 6.47. The Bertz CT molecular complexity index is 681. The van der Waals surface area contributed by atoms with Crippen LogP contribution in [0.25, 0.3) is 11.0 Å². The molecule has 0 saturated heterocycles. The molecule has 98 valence electrons. The van der Waals surface area contributed by atoms with Crippen molar-refractivity contribution in [3.63, 3.8) is 0 Å². The SMILES string of the molecule is CC(C)N1CCn2c(c(F)c3cc(C#N)cnc32)C1. The topological polar surface area (TPSA) is 44.9 Å². The van der Waals surface area contributed by atoms with E-state index in [1.165, 1.54) is 6.20 Å². The lowest BCUT2D eigenvalue weighted by molar-refractivity contribution is 0.175. The van der Waals surface area contributed by atoms with Crippen molar-refractivity contribution in [1.82, 2.24) is 14.5 Å². The largest absolute Gasteiger partial charge is 0.324 e. The lowest BCUT2D eigenvalue weighted by Crippen LogP contribution is -2.38. The number of pyridine rings is 1. The molecule has 0 aromatic carbocycles. The number of nitrogens with zero attached hydrogens (tertiary/aromatic N) is 4. The molecule has 0 fully saturated rings. The second-order valence-electron chi connectivity index (χ2n) is 5.18. The van der Waals surface area contributed by atoms with Gasteiger partial charge in [0.15, 0.2) is 5.82 Å². The lowest BCUT2D eigenvalue weighted by Gasteiger charge is -2.31.